The highest BCUT2D eigenvalue weighted by Gasteiger charge is 2.34. The van der Waals surface area contributed by atoms with Gasteiger partial charge < -0.3 is 5.32 Å². The topological polar surface area (TPSA) is 49.4 Å². The Labute approximate surface area is 170 Å². The molecule has 1 heterocycles. The van der Waals surface area contributed by atoms with E-state index in [1.807, 2.05) is 12.1 Å². The molecule has 0 aliphatic carbocycles. The Morgan fingerprint density at radius 3 is 2.34 bits per heavy atom. The van der Waals surface area contributed by atoms with Crippen molar-refractivity contribution in [3.8, 4) is 0 Å². The van der Waals surface area contributed by atoms with E-state index in [-0.39, 0.29) is 16.8 Å². The van der Waals surface area contributed by atoms with Crippen molar-refractivity contribution in [3.05, 3.63) is 95.6 Å². The normalized spacial score (nSPS) is 16.1. The number of rotatable bonds is 4. The average molecular weight is 410 g/mol. The van der Waals surface area contributed by atoms with E-state index in [0.717, 1.165) is 5.56 Å². The molecule has 3 aromatic carbocycles. The summed E-state index contributed by atoms with van der Waals surface area (Å²) in [6.45, 7) is 0. The maximum absolute atomic E-state index is 13.6. The van der Waals surface area contributed by atoms with E-state index in [2.05, 4.69) is 5.32 Å². The van der Waals surface area contributed by atoms with Crippen LogP contribution in [0.5, 0.6) is 0 Å². The number of amides is 2. The maximum atomic E-state index is 13.6. The number of carbonyl (C=O) groups is 2. The Kier molecular flexibility index (Phi) is 5.31. The van der Waals surface area contributed by atoms with Crippen LogP contribution in [0.3, 0.4) is 0 Å². The lowest BCUT2D eigenvalue weighted by molar-refractivity contribution is -0.115. The molecule has 29 heavy (non-hydrogen) atoms. The molecule has 1 fully saturated rings. The first-order valence-corrected chi connectivity index (χ1v) is 9.92. The van der Waals surface area contributed by atoms with Crippen LogP contribution in [0.15, 0.2) is 72.8 Å². The van der Waals surface area contributed by atoms with Crippen molar-refractivity contribution < 1.29 is 18.4 Å². The van der Waals surface area contributed by atoms with Crippen LogP contribution in [-0.2, 0) is 4.79 Å². The molecule has 1 atom stereocenters. The van der Waals surface area contributed by atoms with Crippen molar-refractivity contribution in [2.24, 2.45) is 0 Å². The number of nitrogens with zero attached hydrogens (tertiary/aromatic N) is 1. The molecule has 2 amide bonds. The van der Waals surface area contributed by atoms with E-state index in [0.29, 0.717) is 17.1 Å². The predicted octanol–water partition coefficient (Wildman–Crippen LogP) is 5.00. The Morgan fingerprint density at radius 1 is 0.966 bits per heavy atom. The molecule has 0 spiro atoms. The van der Waals surface area contributed by atoms with Crippen LogP contribution in [0.25, 0.3) is 0 Å². The Hall–Kier alpha value is -3.19. The van der Waals surface area contributed by atoms with E-state index >= 15 is 0 Å². The highest BCUT2D eigenvalue weighted by Crippen LogP contribution is 2.42. The summed E-state index contributed by atoms with van der Waals surface area (Å²) < 4.78 is 26.9. The molecule has 3 aromatic rings. The predicted molar refractivity (Wildman–Crippen MR) is 110 cm³/mol. The van der Waals surface area contributed by atoms with Crippen molar-refractivity contribution in [1.29, 1.82) is 0 Å². The molecule has 1 N–H and O–H groups in total. The zero-order valence-electron chi connectivity index (χ0n) is 15.1. The van der Waals surface area contributed by atoms with Crippen LogP contribution in [0.1, 0.15) is 21.3 Å². The molecular weight excluding hydrogens is 394 g/mol. The SMILES string of the molecule is O=C(Nc1ccc([C@H]2SCC(=O)N2c2cccc(F)c2)cc1)c1cccc(F)c1. The summed E-state index contributed by atoms with van der Waals surface area (Å²) in [5, 5.41) is 2.44. The first-order chi connectivity index (χ1) is 14.0. The molecule has 0 aromatic heterocycles. The quantitative estimate of drug-likeness (QED) is 0.659. The Balaban J connectivity index is 1.52. The van der Waals surface area contributed by atoms with Crippen LogP contribution >= 0.6 is 11.8 Å². The second-order valence-corrected chi connectivity index (χ2v) is 7.56. The molecule has 1 aliphatic heterocycles. The van der Waals surface area contributed by atoms with Gasteiger partial charge in [-0.2, -0.15) is 0 Å². The van der Waals surface area contributed by atoms with Crippen LogP contribution in [0.2, 0.25) is 0 Å². The molecular formula is C22H16F2N2O2S. The van der Waals surface area contributed by atoms with Gasteiger partial charge in [-0.15, -0.1) is 11.8 Å². The van der Waals surface area contributed by atoms with Gasteiger partial charge in [0.15, 0.2) is 0 Å². The second-order valence-electron chi connectivity index (χ2n) is 6.49. The summed E-state index contributed by atoms with van der Waals surface area (Å²) in [4.78, 5) is 26.2. The largest absolute Gasteiger partial charge is 0.322 e. The fraction of sp³-hybridized carbons (Fsp3) is 0.0909. The summed E-state index contributed by atoms with van der Waals surface area (Å²) in [6, 6.07) is 18.5. The van der Waals surface area contributed by atoms with Crippen LogP contribution in [-0.4, -0.2) is 17.6 Å². The van der Waals surface area contributed by atoms with Crippen molar-refractivity contribution in [2.75, 3.05) is 16.0 Å². The van der Waals surface area contributed by atoms with E-state index < -0.39 is 17.5 Å². The van der Waals surface area contributed by atoms with Gasteiger partial charge in [0.05, 0.1) is 5.75 Å². The molecule has 0 bridgehead atoms. The van der Waals surface area contributed by atoms with E-state index in [1.54, 1.807) is 29.2 Å². The molecule has 0 saturated carbocycles. The first kappa shape index (κ1) is 19.1. The number of halogens is 2. The number of thioether (sulfide) groups is 1. The van der Waals surface area contributed by atoms with Crippen LogP contribution in [0, 0.1) is 11.6 Å². The smallest absolute Gasteiger partial charge is 0.255 e. The third kappa shape index (κ3) is 4.14. The van der Waals surface area contributed by atoms with Gasteiger partial charge in [-0.3, -0.25) is 14.5 Å². The van der Waals surface area contributed by atoms with Crippen LogP contribution < -0.4 is 10.2 Å². The minimum absolute atomic E-state index is 0.0888. The van der Waals surface area contributed by atoms with E-state index in [9.17, 15) is 18.4 Å². The lowest BCUT2D eigenvalue weighted by Gasteiger charge is -2.24. The van der Waals surface area contributed by atoms with Gasteiger partial charge in [0.2, 0.25) is 5.91 Å². The van der Waals surface area contributed by atoms with Crippen molar-refractivity contribution in [1.82, 2.24) is 0 Å². The van der Waals surface area contributed by atoms with Gasteiger partial charge in [0.25, 0.3) is 5.91 Å². The lowest BCUT2D eigenvalue weighted by atomic mass is 10.1. The number of hydrogen-bond acceptors (Lipinski definition) is 3. The van der Waals surface area contributed by atoms with Gasteiger partial charge in [-0.05, 0) is 54.1 Å². The van der Waals surface area contributed by atoms with Crippen molar-refractivity contribution in [3.63, 3.8) is 0 Å². The third-order valence-corrected chi connectivity index (χ3v) is 5.71. The summed E-state index contributed by atoms with van der Waals surface area (Å²) in [5.41, 5.74) is 2.14. The second kappa shape index (κ2) is 8.05. The average Bonchev–Trinajstić information content (AvgIpc) is 3.10. The Morgan fingerprint density at radius 2 is 1.66 bits per heavy atom. The van der Waals surface area contributed by atoms with Gasteiger partial charge >= 0.3 is 0 Å². The minimum atomic E-state index is -0.478. The number of hydrogen-bond donors (Lipinski definition) is 1. The zero-order valence-corrected chi connectivity index (χ0v) is 16.0. The number of carbonyl (C=O) groups excluding carboxylic acids is 2. The van der Waals surface area contributed by atoms with E-state index in [4.69, 9.17) is 0 Å². The van der Waals surface area contributed by atoms with E-state index in [1.165, 1.54) is 48.2 Å². The van der Waals surface area contributed by atoms with Crippen molar-refractivity contribution in [2.45, 2.75) is 5.37 Å². The third-order valence-electron chi connectivity index (χ3n) is 4.49. The first-order valence-electron chi connectivity index (χ1n) is 8.87. The summed E-state index contributed by atoms with van der Waals surface area (Å²) in [7, 11) is 0. The maximum Gasteiger partial charge on any atom is 0.255 e. The standard InChI is InChI=1S/C22H16F2N2O2S/c23-16-4-1-3-15(11-16)21(28)25-18-9-7-14(8-10-18)22-26(20(27)13-29-22)19-6-2-5-17(24)12-19/h1-12,22H,13H2,(H,25,28)/t22-/m1/s1. The molecule has 1 aliphatic rings. The highest BCUT2D eigenvalue weighted by atomic mass is 32.2. The number of anilines is 2. The fourth-order valence-corrected chi connectivity index (χ4v) is 4.32. The highest BCUT2D eigenvalue weighted by molar-refractivity contribution is 8.00. The number of nitrogens with one attached hydrogen (secondary N) is 1. The monoisotopic (exact) mass is 410 g/mol. The minimum Gasteiger partial charge on any atom is -0.322 e. The van der Waals surface area contributed by atoms with Crippen molar-refractivity contribution >= 4 is 35.0 Å². The number of benzene rings is 3. The zero-order chi connectivity index (χ0) is 20.4. The molecule has 146 valence electrons. The lowest BCUT2D eigenvalue weighted by Crippen LogP contribution is -2.27. The summed E-state index contributed by atoms with van der Waals surface area (Å²) >= 11 is 1.46. The fourth-order valence-electron chi connectivity index (χ4n) is 3.14. The Bertz CT molecular complexity index is 1070. The molecule has 7 heteroatoms. The van der Waals surface area contributed by atoms with Gasteiger partial charge in [-0.1, -0.05) is 24.3 Å². The van der Waals surface area contributed by atoms with Gasteiger partial charge in [0, 0.05) is 16.9 Å². The molecule has 4 rings (SSSR count). The molecule has 0 unspecified atom stereocenters. The summed E-state index contributed by atoms with van der Waals surface area (Å²) in [5.74, 6) is -1.08. The molecule has 4 nitrogen and oxygen atoms in total. The van der Waals surface area contributed by atoms with Crippen LogP contribution in [0.4, 0.5) is 20.2 Å². The molecule has 1 saturated heterocycles. The summed E-state index contributed by atoms with van der Waals surface area (Å²) in [6.07, 6.45) is 0. The molecule has 0 radical (unpaired) electrons. The van der Waals surface area contributed by atoms with Gasteiger partial charge in [-0.25, -0.2) is 8.78 Å². The van der Waals surface area contributed by atoms with Gasteiger partial charge in [0.1, 0.15) is 17.0 Å².